The molecule has 5 rings (SSSR count). The number of rotatable bonds is 9. The van der Waals surface area contributed by atoms with Crippen molar-refractivity contribution in [1.29, 1.82) is 0 Å². The first-order valence-electron chi connectivity index (χ1n) is 15.9. The van der Waals surface area contributed by atoms with E-state index in [9.17, 15) is 37.5 Å². The number of hydrogen-bond acceptors (Lipinski definition) is 5. The third-order valence-electron chi connectivity index (χ3n) is 9.16. The normalized spacial score (nSPS) is 17.1. The summed E-state index contributed by atoms with van der Waals surface area (Å²) in [6.07, 6.45) is -3.20. The number of alkyl halides is 3. The second-order valence-corrected chi connectivity index (χ2v) is 12.3. The van der Waals surface area contributed by atoms with Gasteiger partial charge in [-0.25, -0.2) is 4.79 Å². The van der Waals surface area contributed by atoms with Gasteiger partial charge in [0.1, 0.15) is 25.2 Å². The number of carbonyl (C=O) groups is 4. The zero-order chi connectivity index (χ0) is 34.6. The van der Waals surface area contributed by atoms with Crippen LogP contribution in [0, 0.1) is 0 Å². The van der Waals surface area contributed by atoms with Crippen LogP contribution in [0.4, 0.5) is 18.0 Å². The average Bonchev–Trinajstić information content (AvgIpc) is 3.37. The van der Waals surface area contributed by atoms with Crippen LogP contribution in [0.3, 0.4) is 0 Å². The van der Waals surface area contributed by atoms with Gasteiger partial charge in [0.25, 0.3) is 0 Å². The van der Waals surface area contributed by atoms with Gasteiger partial charge in [-0.1, -0.05) is 73.5 Å². The molecule has 48 heavy (non-hydrogen) atoms. The fourth-order valence-electron chi connectivity index (χ4n) is 6.63. The lowest BCUT2D eigenvalue weighted by atomic mass is 9.97. The molecule has 0 radical (unpaired) electrons. The monoisotopic (exact) mass is 665 g/mol. The van der Waals surface area contributed by atoms with Gasteiger partial charge in [-0.05, 0) is 52.8 Å². The third-order valence-corrected chi connectivity index (χ3v) is 9.16. The van der Waals surface area contributed by atoms with Crippen molar-refractivity contribution >= 4 is 23.9 Å². The fraction of sp³-hybridized carbons (Fsp3) is 0.389. The predicted octanol–water partition coefficient (Wildman–Crippen LogP) is 5.81. The number of benzene rings is 3. The second-order valence-electron chi connectivity index (χ2n) is 12.3. The molecule has 2 atom stereocenters. The number of nitrogens with zero attached hydrogens (tertiary/aromatic N) is 3. The summed E-state index contributed by atoms with van der Waals surface area (Å²) in [5.74, 6) is -2.63. The minimum atomic E-state index is -4.55. The van der Waals surface area contributed by atoms with Crippen LogP contribution in [-0.2, 0) is 31.7 Å². The maximum absolute atomic E-state index is 14.2. The van der Waals surface area contributed by atoms with E-state index in [1.54, 1.807) is 0 Å². The van der Waals surface area contributed by atoms with Crippen molar-refractivity contribution in [3.63, 3.8) is 0 Å². The number of carbonyl (C=O) groups excluding carboxylic acids is 3. The van der Waals surface area contributed by atoms with E-state index in [1.165, 1.54) is 36.0 Å². The van der Waals surface area contributed by atoms with Gasteiger partial charge in [-0.15, -0.1) is 0 Å². The highest BCUT2D eigenvalue weighted by Crippen LogP contribution is 2.44. The molecule has 12 heteroatoms. The van der Waals surface area contributed by atoms with Crippen LogP contribution in [0.1, 0.15) is 53.9 Å². The van der Waals surface area contributed by atoms with Gasteiger partial charge >= 0.3 is 18.2 Å². The van der Waals surface area contributed by atoms with Gasteiger partial charge in [0.2, 0.25) is 11.8 Å². The van der Waals surface area contributed by atoms with Gasteiger partial charge < -0.3 is 19.6 Å². The number of carboxylic acid groups (broad SMARTS) is 1. The molecule has 2 aliphatic rings. The lowest BCUT2D eigenvalue weighted by molar-refractivity contribution is -0.151. The summed E-state index contributed by atoms with van der Waals surface area (Å²) in [5, 5.41) is 9.33. The highest BCUT2D eigenvalue weighted by Gasteiger charge is 2.40. The van der Waals surface area contributed by atoms with Crippen molar-refractivity contribution in [3.8, 4) is 11.1 Å². The summed E-state index contributed by atoms with van der Waals surface area (Å²) in [7, 11) is 2.77. The van der Waals surface area contributed by atoms with Crippen molar-refractivity contribution < 1.29 is 42.2 Å². The third kappa shape index (κ3) is 7.48. The first-order chi connectivity index (χ1) is 22.9. The summed E-state index contributed by atoms with van der Waals surface area (Å²) in [6.45, 7) is -0.434. The zero-order valence-corrected chi connectivity index (χ0v) is 26.8. The smallest absolute Gasteiger partial charge is 0.416 e. The predicted molar refractivity (Wildman–Crippen MR) is 171 cm³/mol. The molecule has 1 aliphatic carbocycles. The number of ether oxygens (including phenoxy) is 1. The molecule has 1 fully saturated rings. The molecule has 1 saturated heterocycles. The summed E-state index contributed by atoms with van der Waals surface area (Å²) in [5.41, 5.74) is 3.73. The Labute approximate surface area is 276 Å². The molecule has 1 aliphatic heterocycles. The zero-order valence-electron chi connectivity index (χ0n) is 26.8. The van der Waals surface area contributed by atoms with E-state index in [4.69, 9.17) is 4.74 Å². The number of amides is 3. The maximum atomic E-state index is 14.2. The number of likely N-dealkylation sites (tertiary alicyclic amines) is 1. The standard InChI is InChI=1S/C36H38F3N3O6/c1-40(21-32(43)44)33(45)31(20-23-15-17-24(18-16-23)36(37,38)39)42-19-9-3-4-14-30(34(42)46)41(2)35(47)48-22-29-27-12-7-5-10-25(27)26-11-6-8-13-28(26)29/h5-8,10-13,15-18,29-31H,3-4,9,14,19-22H2,1-2H3,(H,43,44). The lowest BCUT2D eigenvalue weighted by Crippen LogP contribution is -2.58. The Morgan fingerprint density at radius 2 is 1.52 bits per heavy atom. The molecule has 254 valence electrons. The Morgan fingerprint density at radius 1 is 0.917 bits per heavy atom. The Balaban J connectivity index is 1.36. The van der Waals surface area contributed by atoms with E-state index in [0.717, 1.165) is 39.3 Å². The Kier molecular flexibility index (Phi) is 10.4. The minimum absolute atomic E-state index is 0.0524. The minimum Gasteiger partial charge on any atom is -0.480 e. The first kappa shape index (κ1) is 34.5. The molecule has 3 amide bonds. The van der Waals surface area contributed by atoms with E-state index in [1.807, 2.05) is 48.5 Å². The van der Waals surface area contributed by atoms with Crippen LogP contribution in [-0.4, -0.2) is 89.6 Å². The molecule has 1 heterocycles. The van der Waals surface area contributed by atoms with Crippen molar-refractivity contribution in [2.45, 2.75) is 56.3 Å². The highest BCUT2D eigenvalue weighted by molar-refractivity contribution is 5.92. The molecular weight excluding hydrogens is 627 g/mol. The van der Waals surface area contributed by atoms with Crippen LogP contribution in [0.25, 0.3) is 11.1 Å². The van der Waals surface area contributed by atoms with E-state index in [2.05, 4.69) is 0 Å². The number of carboxylic acids is 1. The molecule has 2 unspecified atom stereocenters. The number of likely N-dealkylation sites (N-methyl/N-ethyl adjacent to an activating group) is 2. The van der Waals surface area contributed by atoms with Gasteiger partial charge in [-0.3, -0.25) is 19.3 Å². The van der Waals surface area contributed by atoms with Crippen LogP contribution < -0.4 is 0 Å². The van der Waals surface area contributed by atoms with Gasteiger partial charge in [-0.2, -0.15) is 13.2 Å². The van der Waals surface area contributed by atoms with Crippen molar-refractivity contribution in [2.24, 2.45) is 0 Å². The molecule has 3 aromatic carbocycles. The molecule has 0 bridgehead atoms. The van der Waals surface area contributed by atoms with Crippen molar-refractivity contribution in [1.82, 2.24) is 14.7 Å². The van der Waals surface area contributed by atoms with E-state index >= 15 is 0 Å². The van der Waals surface area contributed by atoms with Crippen LogP contribution in [0.2, 0.25) is 0 Å². The fourth-order valence-corrected chi connectivity index (χ4v) is 6.63. The first-order valence-corrected chi connectivity index (χ1v) is 15.9. The number of halogens is 3. The van der Waals surface area contributed by atoms with Crippen LogP contribution in [0.5, 0.6) is 0 Å². The molecule has 0 saturated carbocycles. The van der Waals surface area contributed by atoms with Gasteiger partial charge in [0, 0.05) is 33.0 Å². The summed E-state index contributed by atoms with van der Waals surface area (Å²) >= 11 is 0. The Morgan fingerprint density at radius 3 is 2.10 bits per heavy atom. The summed E-state index contributed by atoms with van der Waals surface area (Å²) in [6, 6.07) is 18.0. The molecule has 3 aromatic rings. The number of fused-ring (bicyclic) bond motifs is 3. The highest BCUT2D eigenvalue weighted by atomic mass is 19.4. The maximum Gasteiger partial charge on any atom is 0.416 e. The molecule has 9 nitrogen and oxygen atoms in total. The topological polar surface area (TPSA) is 107 Å². The molecule has 0 spiro atoms. The van der Waals surface area contributed by atoms with Crippen molar-refractivity contribution in [3.05, 3.63) is 95.1 Å². The molecule has 0 aromatic heterocycles. The average molecular weight is 666 g/mol. The van der Waals surface area contributed by atoms with Gasteiger partial charge in [0.15, 0.2) is 0 Å². The van der Waals surface area contributed by atoms with E-state index in [0.29, 0.717) is 31.2 Å². The number of aliphatic carboxylic acids is 1. The quantitative estimate of drug-likeness (QED) is 0.309. The van der Waals surface area contributed by atoms with Crippen LogP contribution >= 0.6 is 0 Å². The largest absolute Gasteiger partial charge is 0.480 e. The number of hydrogen-bond donors (Lipinski definition) is 1. The van der Waals surface area contributed by atoms with Crippen LogP contribution in [0.15, 0.2) is 72.8 Å². The molecular formula is C36H38F3N3O6. The Bertz CT molecular complexity index is 1620. The lowest BCUT2D eigenvalue weighted by Gasteiger charge is -2.39. The summed E-state index contributed by atoms with van der Waals surface area (Å²) in [4.78, 5) is 56.5. The van der Waals surface area contributed by atoms with Gasteiger partial charge in [0.05, 0.1) is 5.56 Å². The van der Waals surface area contributed by atoms with Crippen molar-refractivity contribution in [2.75, 3.05) is 33.8 Å². The van der Waals surface area contributed by atoms with E-state index in [-0.39, 0.29) is 25.5 Å². The van der Waals surface area contributed by atoms with E-state index < -0.39 is 54.2 Å². The molecule has 1 N–H and O–H groups in total. The second kappa shape index (κ2) is 14.5. The Hall–Kier alpha value is -4.87. The SMILES string of the molecule is CN(CC(=O)O)C(=O)C(Cc1ccc(C(F)(F)F)cc1)N1CCCCCC(N(C)C(=O)OCC2c3ccccc3-c3ccccc32)C1=O. The summed E-state index contributed by atoms with van der Waals surface area (Å²) < 4.78 is 45.4.